The van der Waals surface area contributed by atoms with E-state index >= 15 is 0 Å². The van der Waals surface area contributed by atoms with Gasteiger partial charge in [0, 0.05) is 38.1 Å². The molecule has 0 aliphatic carbocycles. The maximum absolute atomic E-state index is 12.4. The van der Waals surface area contributed by atoms with Crippen LogP contribution in [0.2, 0.25) is 0 Å². The topological polar surface area (TPSA) is 73.1 Å². The Morgan fingerprint density at radius 3 is 2.96 bits per heavy atom. The van der Waals surface area contributed by atoms with Crippen LogP contribution in [-0.2, 0) is 23.0 Å². The van der Waals surface area contributed by atoms with E-state index in [1.165, 1.54) is 0 Å². The Morgan fingerprint density at radius 2 is 2.26 bits per heavy atom. The molecule has 0 bridgehead atoms. The quantitative estimate of drug-likeness (QED) is 0.843. The average molecular weight is 315 g/mol. The molecule has 0 unspecified atom stereocenters. The molecule has 1 atom stereocenters. The molecule has 0 N–H and O–H groups in total. The van der Waals surface area contributed by atoms with Crippen molar-refractivity contribution in [3.05, 3.63) is 41.7 Å². The van der Waals surface area contributed by atoms with E-state index in [1.54, 1.807) is 23.3 Å². The molecule has 3 rings (SSSR count). The van der Waals surface area contributed by atoms with Gasteiger partial charge in [0.15, 0.2) is 0 Å². The van der Waals surface area contributed by atoms with Gasteiger partial charge in [-0.2, -0.15) is 5.10 Å². The van der Waals surface area contributed by atoms with Gasteiger partial charge in [0.25, 0.3) is 0 Å². The lowest BCUT2D eigenvalue weighted by Crippen LogP contribution is -2.42. The number of nitrogens with zero attached hydrogens (tertiary/aromatic N) is 5. The predicted molar refractivity (Wildman–Crippen MR) is 83.6 cm³/mol. The number of aromatic nitrogens is 4. The summed E-state index contributed by atoms with van der Waals surface area (Å²) in [6.07, 6.45) is 6.18. The van der Waals surface area contributed by atoms with Crippen molar-refractivity contribution in [1.82, 2.24) is 24.6 Å². The van der Waals surface area contributed by atoms with Crippen LogP contribution in [0.3, 0.4) is 0 Å². The fourth-order valence-corrected chi connectivity index (χ4v) is 2.66. The second-order valence-electron chi connectivity index (χ2n) is 5.73. The van der Waals surface area contributed by atoms with E-state index in [2.05, 4.69) is 15.1 Å². The largest absolute Gasteiger partial charge is 0.368 e. The van der Waals surface area contributed by atoms with Crippen molar-refractivity contribution in [3.8, 4) is 0 Å². The van der Waals surface area contributed by atoms with Crippen LogP contribution < -0.4 is 0 Å². The highest BCUT2D eigenvalue weighted by atomic mass is 16.5. The van der Waals surface area contributed by atoms with E-state index in [9.17, 15) is 4.79 Å². The van der Waals surface area contributed by atoms with E-state index < -0.39 is 0 Å². The van der Waals surface area contributed by atoms with Gasteiger partial charge in [0.1, 0.15) is 6.10 Å². The van der Waals surface area contributed by atoms with Crippen molar-refractivity contribution in [1.29, 1.82) is 0 Å². The van der Waals surface area contributed by atoms with Crippen molar-refractivity contribution in [2.24, 2.45) is 7.05 Å². The van der Waals surface area contributed by atoms with Gasteiger partial charge in [0.2, 0.25) is 5.91 Å². The van der Waals surface area contributed by atoms with E-state index in [1.807, 2.05) is 24.9 Å². The Labute approximate surface area is 135 Å². The Morgan fingerprint density at radius 1 is 1.39 bits per heavy atom. The predicted octanol–water partition coefficient (Wildman–Crippen LogP) is 1.05. The molecular formula is C16H21N5O2. The second-order valence-corrected chi connectivity index (χ2v) is 5.73. The number of carbonyl (C=O) groups excluding carboxylic acids is 1. The van der Waals surface area contributed by atoms with Crippen LogP contribution in [0.15, 0.2) is 24.7 Å². The Bertz CT molecular complexity index is 667. The Hall–Kier alpha value is -2.28. The fourth-order valence-electron chi connectivity index (χ4n) is 2.66. The smallest absolute Gasteiger partial charge is 0.223 e. The number of amides is 1. The molecule has 0 saturated carbocycles. The Balaban J connectivity index is 1.58. The van der Waals surface area contributed by atoms with Crippen LogP contribution in [0.5, 0.6) is 0 Å². The molecule has 2 aromatic heterocycles. The zero-order valence-electron chi connectivity index (χ0n) is 13.5. The van der Waals surface area contributed by atoms with Crippen LogP contribution in [0, 0.1) is 6.92 Å². The summed E-state index contributed by atoms with van der Waals surface area (Å²) in [6.45, 7) is 3.58. The molecule has 0 aromatic carbocycles. The van der Waals surface area contributed by atoms with Gasteiger partial charge < -0.3 is 9.64 Å². The first kappa shape index (κ1) is 15.6. The minimum Gasteiger partial charge on any atom is -0.368 e. The molecule has 1 aliphatic heterocycles. The minimum atomic E-state index is -0.197. The standard InChI is InChI=1S/C16H21N5O2/c1-12-9-18-14(10-17-12)15-11-21(7-8-23-15)16(22)4-3-13-5-6-19-20(13)2/h5-6,9-10,15H,3-4,7-8,11H2,1-2H3/t15-/m1/s1. The first-order chi connectivity index (χ1) is 11.1. The number of morpholine rings is 1. The number of carbonyl (C=O) groups is 1. The van der Waals surface area contributed by atoms with E-state index in [-0.39, 0.29) is 12.0 Å². The van der Waals surface area contributed by atoms with Gasteiger partial charge in [-0.25, -0.2) is 0 Å². The van der Waals surface area contributed by atoms with Crippen molar-refractivity contribution in [3.63, 3.8) is 0 Å². The Kier molecular flexibility index (Phi) is 4.66. The molecule has 1 saturated heterocycles. The molecule has 7 heteroatoms. The van der Waals surface area contributed by atoms with Gasteiger partial charge in [-0.05, 0) is 19.4 Å². The van der Waals surface area contributed by atoms with Gasteiger partial charge in [-0.15, -0.1) is 0 Å². The van der Waals surface area contributed by atoms with Crippen molar-refractivity contribution in [2.45, 2.75) is 25.9 Å². The van der Waals surface area contributed by atoms with E-state index in [0.717, 1.165) is 17.1 Å². The maximum Gasteiger partial charge on any atom is 0.223 e. The summed E-state index contributed by atoms with van der Waals surface area (Å²) < 4.78 is 7.55. The summed E-state index contributed by atoms with van der Waals surface area (Å²) in [5.74, 6) is 0.138. The van der Waals surface area contributed by atoms with Crippen LogP contribution in [0.4, 0.5) is 0 Å². The lowest BCUT2D eigenvalue weighted by molar-refractivity contribution is -0.139. The van der Waals surface area contributed by atoms with E-state index in [0.29, 0.717) is 32.5 Å². The SMILES string of the molecule is Cc1cnc([C@H]2CN(C(=O)CCc3ccnn3C)CCO2)cn1. The molecule has 122 valence electrons. The first-order valence-electron chi connectivity index (χ1n) is 7.78. The third kappa shape index (κ3) is 3.73. The minimum absolute atomic E-state index is 0.138. The molecule has 1 fully saturated rings. The van der Waals surface area contributed by atoms with Crippen molar-refractivity contribution < 1.29 is 9.53 Å². The highest BCUT2D eigenvalue weighted by molar-refractivity contribution is 5.76. The number of ether oxygens (including phenoxy) is 1. The molecule has 3 heterocycles. The lowest BCUT2D eigenvalue weighted by Gasteiger charge is -2.32. The highest BCUT2D eigenvalue weighted by Gasteiger charge is 2.26. The fraction of sp³-hybridized carbons (Fsp3) is 0.500. The van der Waals surface area contributed by atoms with Crippen LogP contribution >= 0.6 is 0 Å². The summed E-state index contributed by atoms with van der Waals surface area (Å²) in [4.78, 5) is 22.9. The van der Waals surface area contributed by atoms with Gasteiger partial charge in [-0.1, -0.05) is 0 Å². The molecular weight excluding hydrogens is 294 g/mol. The van der Waals surface area contributed by atoms with Gasteiger partial charge in [-0.3, -0.25) is 19.4 Å². The van der Waals surface area contributed by atoms with Crippen LogP contribution in [-0.4, -0.2) is 50.3 Å². The van der Waals surface area contributed by atoms with Gasteiger partial charge in [0.05, 0.1) is 30.7 Å². The molecule has 0 radical (unpaired) electrons. The van der Waals surface area contributed by atoms with Crippen LogP contribution in [0.25, 0.3) is 0 Å². The second kappa shape index (κ2) is 6.87. The number of hydrogen-bond donors (Lipinski definition) is 0. The lowest BCUT2D eigenvalue weighted by atomic mass is 10.1. The van der Waals surface area contributed by atoms with Gasteiger partial charge >= 0.3 is 0 Å². The summed E-state index contributed by atoms with van der Waals surface area (Å²) in [5.41, 5.74) is 2.71. The zero-order valence-corrected chi connectivity index (χ0v) is 13.5. The highest BCUT2D eigenvalue weighted by Crippen LogP contribution is 2.20. The molecule has 23 heavy (non-hydrogen) atoms. The molecule has 0 spiro atoms. The van der Waals surface area contributed by atoms with E-state index in [4.69, 9.17) is 4.74 Å². The first-order valence-corrected chi connectivity index (χ1v) is 7.78. The molecule has 2 aromatic rings. The summed E-state index contributed by atoms with van der Waals surface area (Å²) in [6, 6.07) is 1.94. The third-order valence-corrected chi connectivity index (χ3v) is 4.07. The van der Waals surface area contributed by atoms with Crippen LogP contribution in [0.1, 0.15) is 29.6 Å². The van der Waals surface area contributed by atoms with Crippen molar-refractivity contribution in [2.75, 3.05) is 19.7 Å². The zero-order chi connectivity index (χ0) is 16.2. The van der Waals surface area contributed by atoms with Crippen molar-refractivity contribution >= 4 is 5.91 Å². The summed E-state index contributed by atoms with van der Waals surface area (Å²) in [5, 5.41) is 4.12. The average Bonchev–Trinajstić information content (AvgIpc) is 2.98. The molecule has 1 aliphatic rings. The normalized spacial score (nSPS) is 18.2. The summed E-state index contributed by atoms with van der Waals surface area (Å²) in [7, 11) is 1.89. The maximum atomic E-state index is 12.4. The monoisotopic (exact) mass is 315 g/mol. The summed E-state index contributed by atoms with van der Waals surface area (Å²) >= 11 is 0. The third-order valence-electron chi connectivity index (χ3n) is 4.07. The number of hydrogen-bond acceptors (Lipinski definition) is 5. The molecule has 7 nitrogen and oxygen atoms in total. The number of aryl methyl sites for hydroxylation is 3. The molecule has 1 amide bonds. The number of rotatable bonds is 4.